The molecule has 6 heteroatoms. The lowest BCUT2D eigenvalue weighted by Gasteiger charge is -2.72. The summed E-state index contributed by atoms with van der Waals surface area (Å²) in [5, 5.41) is 15.0. The number of imidazole rings is 1. The summed E-state index contributed by atoms with van der Waals surface area (Å²) >= 11 is 0. The quantitative estimate of drug-likeness (QED) is 0.269. The normalized spacial score (nSPS) is 41.3. The van der Waals surface area contributed by atoms with E-state index in [2.05, 4.69) is 114 Å². The van der Waals surface area contributed by atoms with E-state index in [1.807, 2.05) is 0 Å². The summed E-state index contributed by atoms with van der Waals surface area (Å²) in [5.74, 6) is 3.80. The molecule has 0 spiro atoms. The Labute approximate surface area is 314 Å². The second-order valence-electron chi connectivity index (χ2n) is 20.6. The molecule has 6 nitrogen and oxygen atoms in total. The zero-order valence-corrected chi connectivity index (χ0v) is 33.7. The van der Waals surface area contributed by atoms with Crippen LogP contribution in [0.1, 0.15) is 124 Å². The number of likely N-dealkylation sites (N-methyl/N-ethyl adjacent to an activating group) is 1. The lowest BCUT2D eigenvalue weighted by atomic mass is 9.32. The number of aliphatic hydroxyl groups excluding tert-OH is 1. The first-order chi connectivity index (χ1) is 24.5. The van der Waals surface area contributed by atoms with Crippen LogP contribution in [0.15, 0.2) is 48.7 Å². The average molecular weight is 709 g/mol. The van der Waals surface area contributed by atoms with Gasteiger partial charge in [-0.1, -0.05) is 77.1 Å². The van der Waals surface area contributed by atoms with E-state index >= 15 is 4.79 Å². The molecule has 52 heavy (non-hydrogen) atoms. The van der Waals surface area contributed by atoms with Crippen LogP contribution >= 0.6 is 0 Å². The van der Waals surface area contributed by atoms with Crippen LogP contribution in [-0.2, 0) is 16.9 Å². The number of hydrogen-bond donors (Lipinski definition) is 2. The van der Waals surface area contributed by atoms with Crippen molar-refractivity contribution in [3.05, 3.63) is 54.5 Å². The first-order valence-corrected chi connectivity index (χ1v) is 21.0. The van der Waals surface area contributed by atoms with Crippen molar-refractivity contribution in [1.82, 2.24) is 19.8 Å². The minimum atomic E-state index is -0.396. The molecule has 1 amide bonds. The number of rotatable bonds is 8. The Morgan fingerprint density at radius 1 is 0.904 bits per heavy atom. The Hall–Kier alpha value is -2.44. The van der Waals surface area contributed by atoms with E-state index in [1.54, 1.807) is 0 Å². The second-order valence-corrected chi connectivity index (χ2v) is 20.6. The number of aromatic nitrogens is 2. The third kappa shape index (κ3) is 5.15. The Balaban J connectivity index is 1.12. The maximum atomic E-state index is 15.3. The fraction of sp³-hybridized carbons (Fsp3) is 0.739. The van der Waals surface area contributed by atoms with Gasteiger partial charge in [-0.3, -0.25) is 4.79 Å². The minimum Gasteiger partial charge on any atom is -0.393 e. The van der Waals surface area contributed by atoms with Gasteiger partial charge in [0.05, 0.1) is 22.8 Å². The van der Waals surface area contributed by atoms with Crippen molar-refractivity contribution in [2.75, 3.05) is 20.6 Å². The Morgan fingerprint density at radius 2 is 1.63 bits per heavy atom. The maximum Gasteiger partial charge on any atom is 0.227 e. The molecule has 1 aromatic carbocycles. The number of allylic oxidation sites excluding steroid dienone is 1. The fourth-order valence-electron chi connectivity index (χ4n) is 14.4. The van der Waals surface area contributed by atoms with Crippen molar-refractivity contribution in [3.8, 4) is 11.3 Å². The monoisotopic (exact) mass is 709 g/mol. The summed E-state index contributed by atoms with van der Waals surface area (Å²) in [6.07, 6.45) is 15.1. The van der Waals surface area contributed by atoms with Crippen LogP contribution in [0, 0.1) is 56.7 Å². The van der Waals surface area contributed by atoms with E-state index in [1.165, 1.54) is 31.3 Å². The van der Waals surface area contributed by atoms with E-state index in [-0.39, 0.29) is 33.2 Å². The predicted molar refractivity (Wildman–Crippen MR) is 210 cm³/mol. The first-order valence-electron chi connectivity index (χ1n) is 21.0. The maximum absolute atomic E-state index is 15.3. The number of fused-ring (bicyclic) bond motifs is 7. The molecule has 6 aliphatic rings. The van der Waals surface area contributed by atoms with Gasteiger partial charge in [-0.05, 0) is 149 Å². The van der Waals surface area contributed by atoms with Crippen molar-refractivity contribution in [2.45, 2.75) is 137 Å². The highest BCUT2D eigenvalue weighted by Crippen LogP contribution is 2.77. The van der Waals surface area contributed by atoms with Gasteiger partial charge < -0.3 is 19.9 Å². The number of nitrogens with zero attached hydrogens (tertiary/aromatic N) is 3. The third-order valence-electron chi connectivity index (χ3n) is 17.7. The van der Waals surface area contributed by atoms with Crippen LogP contribution in [0.5, 0.6) is 0 Å². The van der Waals surface area contributed by atoms with E-state index in [0.29, 0.717) is 35.5 Å². The SMILES string of the molecule is C=C(C)[C@@H]1CC[C@]2(C(=O)NC3(c4nc(-c5ccccc5)cn4CCN(C)C)CC3)CC[C@]3(C)[C@H](CC[C@@H]4[C@@]5(C)CC[C@H](O)C(C)(C)[C@@H]5CC[C@]43C)[C@@H]12. The van der Waals surface area contributed by atoms with Crippen molar-refractivity contribution in [1.29, 1.82) is 0 Å². The smallest absolute Gasteiger partial charge is 0.227 e. The molecular formula is C46H68N4O2. The van der Waals surface area contributed by atoms with Gasteiger partial charge in [-0.25, -0.2) is 4.98 Å². The highest BCUT2D eigenvalue weighted by atomic mass is 16.3. The van der Waals surface area contributed by atoms with Gasteiger partial charge in [0.1, 0.15) is 5.82 Å². The molecule has 2 aromatic rings. The Kier molecular flexibility index (Phi) is 8.63. The minimum absolute atomic E-state index is 0.0375. The van der Waals surface area contributed by atoms with E-state index in [0.717, 1.165) is 81.5 Å². The van der Waals surface area contributed by atoms with Crippen LogP contribution in [0.3, 0.4) is 0 Å². The summed E-state index contributed by atoms with van der Waals surface area (Å²) in [4.78, 5) is 22.9. The summed E-state index contributed by atoms with van der Waals surface area (Å²) < 4.78 is 2.33. The van der Waals surface area contributed by atoms with Gasteiger partial charge >= 0.3 is 0 Å². The number of nitrogens with one attached hydrogen (secondary N) is 1. The van der Waals surface area contributed by atoms with Crippen LogP contribution < -0.4 is 5.32 Å². The van der Waals surface area contributed by atoms with Crippen LogP contribution in [0.25, 0.3) is 11.3 Å². The molecule has 10 atom stereocenters. The molecule has 8 rings (SSSR count). The summed E-state index contributed by atoms with van der Waals surface area (Å²) in [6.45, 7) is 21.3. The van der Waals surface area contributed by atoms with Crippen molar-refractivity contribution in [3.63, 3.8) is 0 Å². The van der Waals surface area contributed by atoms with Gasteiger partial charge in [0.2, 0.25) is 5.91 Å². The molecule has 0 radical (unpaired) electrons. The highest BCUT2D eigenvalue weighted by Gasteiger charge is 2.72. The van der Waals surface area contributed by atoms with Crippen molar-refractivity contribution < 1.29 is 9.90 Å². The Morgan fingerprint density at radius 3 is 2.31 bits per heavy atom. The van der Waals surface area contributed by atoms with Gasteiger partial charge in [-0.2, -0.15) is 0 Å². The number of carbonyl (C=O) groups is 1. The molecule has 284 valence electrons. The topological polar surface area (TPSA) is 70.4 Å². The van der Waals surface area contributed by atoms with Gasteiger partial charge in [0.15, 0.2) is 0 Å². The number of aliphatic hydroxyl groups is 1. The van der Waals surface area contributed by atoms with Gasteiger partial charge in [0.25, 0.3) is 0 Å². The Bertz CT molecular complexity index is 1710. The molecule has 2 N–H and O–H groups in total. The molecule has 0 saturated heterocycles. The summed E-state index contributed by atoms with van der Waals surface area (Å²) in [7, 11) is 4.25. The molecule has 1 aromatic heterocycles. The van der Waals surface area contributed by atoms with E-state index in [9.17, 15) is 5.11 Å². The zero-order chi connectivity index (χ0) is 37.1. The molecule has 6 saturated carbocycles. The van der Waals surface area contributed by atoms with E-state index in [4.69, 9.17) is 4.98 Å². The van der Waals surface area contributed by atoms with E-state index < -0.39 is 5.54 Å². The molecule has 6 fully saturated rings. The molecule has 1 heterocycles. The van der Waals surface area contributed by atoms with Crippen LogP contribution in [-0.4, -0.2) is 52.2 Å². The number of carbonyl (C=O) groups excluding carboxylic acids is 1. The average Bonchev–Trinajstić information content (AvgIpc) is 3.55. The number of amides is 1. The number of benzene rings is 1. The molecule has 6 aliphatic carbocycles. The molecular weight excluding hydrogens is 641 g/mol. The van der Waals surface area contributed by atoms with Crippen molar-refractivity contribution in [2.24, 2.45) is 56.7 Å². The van der Waals surface area contributed by atoms with Gasteiger partial charge in [-0.15, -0.1) is 0 Å². The zero-order valence-electron chi connectivity index (χ0n) is 33.7. The number of hydrogen-bond acceptors (Lipinski definition) is 4. The summed E-state index contributed by atoms with van der Waals surface area (Å²) in [6, 6.07) is 10.5. The molecule has 0 aliphatic heterocycles. The van der Waals surface area contributed by atoms with Crippen LogP contribution in [0.4, 0.5) is 0 Å². The lowest BCUT2D eigenvalue weighted by molar-refractivity contribution is -0.246. The van der Waals surface area contributed by atoms with Crippen LogP contribution in [0.2, 0.25) is 0 Å². The third-order valence-corrected chi connectivity index (χ3v) is 17.7. The molecule has 0 unspecified atom stereocenters. The van der Waals surface area contributed by atoms with Gasteiger partial charge in [0, 0.05) is 24.8 Å². The largest absolute Gasteiger partial charge is 0.393 e. The highest BCUT2D eigenvalue weighted by molar-refractivity contribution is 5.85. The molecule has 0 bridgehead atoms. The fourth-order valence-corrected chi connectivity index (χ4v) is 14.4. The first kappa shape index (κ1) is 36.5. The second kappa shape index (κ2) is 12.3. The predicted octanol–water partition coefficient (Wildman–Crippen LogP) is 9.24. The summed E-state index contributed by atoms with van der Waals surface area (Å²) in [5.41, 5.74) is 3.28. The standard InChI is InChI=1S/C46H68N4O2/c1-30(2)32-17-22-45(40(52)48-46(25-26-46)39-47-34(31-13-11-10-12-14-31)29-50(39)28-27-49(8)9)24-23-43(6)33(38(32)45)15-16-36-42(5)20-19-37(51)41(3,4)35(42)18-21-44(36,43)7/h10-14,29,32-33,35-38,51H,1,15-28H2,2-9H3,(H,48,52)/t32-,33+,35-,36+,37-,38+,42-,43+,44+,45-/m0/s1. The van der Waals surface area contributed by atoms with Crippen molar-refractivity contribution >= 4 is 5.91 Å². The lowest BCUT2D eigenvalue weighted by Crippen LogP contribution is -2.67.